The zero-order valence-electron chi connectivity index (χ0n) is 9.71. The van der Waals surface area contributed by atoms with Crippen molar-refractivity contribution >= 4 is 14.0 Å². The van der Waals surface area contributed by atoms with Gasteiger partial charge in [-0.05, 0) is 34.3 Å². The highest BCUT2D eigenvalue weighted by molar-refractivity contribution is 7.54. The zero-order chi connectivity index (χ0) is 12.3. The fourth-order valence-corrected chi connectivity index (χ4v) is 2.50. The average molecular weight is 246 g/mol. The van der Waals surface area contributed by atoms with Crippen molar-refractivity contribution < 1.29 is 18.3 Å². The maximum Gasteiger partial charge on any atom is 0.396 e. The highest BCUT2D eigenvalue weighted by Crippen LogP contribution is 2.51. The van der Waals surface area contributed by atoms with Gasteiger partial charge in [0.1, 0.15) is 0 Å². The molecule has 0 spiro atoms. The predicted molar refractivity (Wildman–Crippen MR) is 59.7 cm³/mol. The lowest BCUT2D eigenvalue weighted by molar-refractivity contribution is 0.112. The molecule has 0 aromatic carbocycles. The molecule has 1 rings (SSSR count). The summed E-state index contributed by atoms with van der Waals surface area (Å²) in [5, 5.41) is 0. The van der Waals surface area contributed by atoms with E-state index in [1.165, 1.54) is 21.7 Å². The summed E-state index contributed by atoms with van der Waals surface area (Å²) >= 11 is 0. The fourth-order valence-electron chi connectivity index (χ4n) is 1.10. The molecule has 0 aliphatic rings. The van der Waals surface area contributed by atoms with Crippen LogP contribution in [0.4, 0.5) is 0 Å². The predicted octanol–water partition coefficient (Wildman–Crippen LogP) is 1.70. The standard InChI is InChI=1S/C9H15N2O4P/c1-10(2)16(13,11(3)4)15-9-8(7-12)5-6-14-9/h5-7H,1-4H3. The van der Waals surface area contributed by atoms with E-state index >= 15 is 0 Å². The van der Waals surface area contributed by atoms with Gasteiger partial charge in [0.25, 0.3) is 0 Å². The van der Waals surface area contributed by atoms with E-state index in [0.29, 0.717) is 6.29 Å². The second-order valence-corrected chi connectivity index (χ2v) is 6.32. The lowest BCUT2D eigenvalue weighted by Gasteiger charge is -2.28. The Labute approximate surface area is 94.3 Å². The Morgan fingerprint density at radius 3 is 2.31 bits per heavy atom. The molecule has 1 aromatic rings. The van der Waals surface area contributed by atoms with Gasteiger partial charge in [-0.25, -0.2) is 13.9 Å². The number of hydrogen-bond acceptors (Lipinski definition) is 4. The van der Waals surface area contributed by atoms with Crippen LogP contribution in [0.15, 0.2) is 16.7 Å². The molecule has 90 valence electrons. The summed E-state index contributed by atoms with van der Waals surface area (Å²) < 4.78 is 25.6. The molecular formula is C9H15N2O4P. The third-order valence-electron chi connectivity index (χ3n) is 2.00. The van der Waals surface area contributed by atoms with Crippen LogP contribution in [-0.4, -0.2) is 43.8 Å². The van der Waals surface area contributed by atoms with Crippen LogP contribution < -0.4 is 4.52 Å². The van der Waals surface area contributed by atoms with Gasteiger partial charge in [-0.3, -0.25) is 4.79 Å². The Kier molecular flexibility index (Phi) is 3.91. The van der Waals surface area contributed by atoms with E-state index in [1.54, 1.807) is 28.2 Å². The van der Waals surface area contributed by atoms with Crippen LogP contribution in [0.3, 0.4) is 0 Å². The van der Waals surface area contributed by atoms with Crippen molar-refractivity contribution in [2.45, 2.75) is 0 Å². The molecule has 0 radical (unpaired) electrons. The quantitative estimate of drug-likeness (QED) is 0.582. The minimum absolute atomic E-state index is 0.0271. The molecule has 0 bridgehead atoms. The lowest BCUT2D eigenvalue weighted by Crippen LogP contribution is -2.24. The molecule has 0 saturated heterocycles. The average Bonchev–Trinajstić information content (AvgIpc) is 2.64. The SMILES string of the molecule is CN(C)P(=O)(Oc1occc1C=O)N(C)C. The third-order valence-corrected chi connectivity index (χ3v) is 4.42. The van der Waals surface area contributed by atoms with Gasteiger partial charge in [-0.2, -0.15) is 0 Å². The summed E-state index contributed by atoms with van der Waals surface area (Å²) in [7, 11) is 3.34. The van der Waals surface area contributed by atoms with Gasteiger partial charge in [0.15, 0.2) is 6.29 Å². The maximum atomic E-state index is 12.4. The highest BCUT2D eigenvalue weighted by atomic mass is 31.2. The molecule has 0 fully saturated rings. The van der Waals surface area contributed by atoms with Gasteiger partial charge in [0.05, 0.1) is 11.8 Å². The Morgan fingerprint density at radius 2 is 1.88 bits per heavy atom. The lowest BCUT2D eigenvalue weighted by atomic mass is 10.4. The van der Waals surface area contributed by atoms with Gasteiger partial charge in [-0.15, -0.1) is 0 Å². The van der Waals surface area contributed by atoms with Gasteiger partial charge in [-0.1, -0.05) is 0 Å². The topological polar surface area (TPSA) is 63.0 Å². The normalized spacial score (nSPS) is 12.1. The largest absolute Gasteiger partial charge is 0.433 e. The zero-order valence-corrected chi connectivity index (χ0v) is 10.6. The number of carbonyl (C=O) groups is 1. The Morgan fingerprint density at radius 1 is 1.31 bits per heavy atom. The van der Waals surface area contributed by atoms with E-state index in [4.69, 9.17) is 8.94 Å². The van der Waals surface area contributed by atoms with Crippen LogP contribution in [0.1, 0.15) is 10.4 Å². The molecule has 16 heavy (non-hydrogen) atoms. The summed E-state index contributed by atoms with van der Waals surface area (Å²) in [6.07, 6.45) is 1.91. The second kappa shape index (κ2) is 4.82. The molecule has 0 aliphatic heterocycles. The number of nitrogens with zero attached hydrogens (tertiary/aromatic N) is 2. The molecule has 0 aliphatic carbocycles. The number of furan rings is 1. The molecule has 0 N–H and O–H groups in total. The summed E-state index contributed by atoms with van der Waals surface area (Å²) in [5.74, 6) is -0.0271. The summed E-state index contributed by atoms with van der Waals surface area (Å²) in [6.45, 7) is 0. The van der Waals surface area contributed by atoms with Crippen LogP contribution in [0.25, 0.3) is 0 Å². The van der Waals surface area contributed by atoms with Crippen molar-refractivity contribution in [3.05, 3.63) is 17.9 Å². The van der Waals surface area contributed by atoms with Gasteiger partial charge < -0.3 is 8.94 Å². The van der Waals surface area contributed by atoms with Crippen molar-refractivity contribution in [3.63, 3.8) is 0 Å². The fraction of sp³-hybridized carbons (Fsp3) is 0.444. The maximum absolute atomic E-state index is 12.4. The smallest absolute Gasteiger partial charge is 0.396 e. The van der Waals surface area contributed by atoms with Crippen molar-refractivity contribution in [1.29, 1.82) is 0 Å². The minimum Gasteiger partial charge on any atom is -0.433 e. The number of carbonyl (C=O) groups excluding carboxylic acids is 1. The van der Waals surface area contributed by atoms with Crippen LogP contribution in [0.5, 0.6) is 5.95 Å². The number of rotatable bonds is 5. The van der Waals surface area contributed by atoms with Crippen molar-refractivity contribution in [1.82, 2.24) is 9.34 Å². The second-order valence-electron chi connectivity index (χ2n) is 3.56. The van der Waals surface area contributed by atoms with Crippen molar-refractivity contribution in [2.75, 3.05) is 28.2 Å². The summed E-state index contributed by atoms with van der Waals surface area (Å²) in [5.41, 5.74) is 0.240. The first kappa shape index (κ1) is 13.0. The molecule has 0 saturated carbocycles. The van der Waals surface area contributed by atoms with E-state index in [2.05, 4.69) is 0 Å². The van der Waals surface area contributed by atoms with E-state index in [-0.39, 0.29) is 11.5 Å². The molecule has 0 unspecified atom stereocenters. The van der Waals surface area contributed by atoms with E-state index in [0.717, 1.165) is 0 Å². The summed E-state index contributed by atoms with van der Waals surface area (Å²) in [6, 6.07) is 1.46. The monoisotopic (exact) mass is 246 g/mol. The first-order valence-corrected chi connectivity index (χ1v) is 6.12. The molecule has 0 amide bonds. The highest BCUT2D eigenvalue weighted by Gasteiger charge is 2.33. The Hall–Kier alpha value is -1.10. The molecule has 1 heterocycles. The molecule has 1 aromatic heterocycles. The van der Waals surface area contributed by atoms with Gasteiger partial charge >= 0.3 is 13.6 Å². The van der Waals surface area contributed by atoms with Crippen molar-refractivity contribution in [2.24, 2.45) is 0 Å². The van der Waals surface area contributed by atoms with Crippen molar-refractivity contribution in [3.8, 4) is 5.95 Å². The van der Waals surface area contributed by atoms with Crippen LogP contribution in [0, 0.1) is 0 Å². The minimum atomic E-state index is -3.18. The molecular weight excluding hydrogens is 231 g/mol. The number of aldehydes is 1. The molecule has 7 heteroatoms. The van der Waals surface area contributed by atoms with E-state index in [9.17, 15) is 9.36 Å². The first-order valence-electron chi connectivity index (χ1n) is 4.59. The van der Waals surface area contributed by atoms with E-state index in [1.807, 2.05) is 0 Å². The first-order chi connectivity index (χ1) is 7.41. The van der Waals surface area contributed by atoms with Crippen LogP contribution in [-0.2, 0) is 4.57 Å². The Balaban J connectivity index is 3.02. The van der Waals surface area contributed by atoms with Crippen LogP contribution >= 0.6 is 7.67 Å². The third kappa shape index (κ3) is 2.35. The molecule has 6 nitrogen and oxygen atoms in total. The summed E-state index contributed by atoms with van der Waals surface area (Å²) in [4.78, 5) is 10.7. The molecule has 0 atom stereocenters. The van der Waals surface area contributed by atoms with Gasteiger partial charge in [0.2, 0.25) is 0 Å². The number of hydrogen-bond donors (Lipinski definition) is 0. The van der Waals surface area contributed by atoms with Gasteiger partial charge in [0, 0.05) is 0 Å². The van der Waals surface area contributed by atoms with E-state index < -0.39 is 7.67 Å². The van der Waals surface area contributed by atoms with Crippen LogP contribution in [0.2, 0.25) is 0 Å². The Bertz CT molecular complexity index is 401.